The van der Waals surface area contributed by atoms with Crippen LogP contribution in [-0.4, -0.2) is 24.5 Å². The highest BCUT2D eigenvalue weighted by Crippen LogP contribution is 2.36. The van der Waals surface area contributed by atoms with Gasteiger partial charge in [-0.1, -0.05) is 35.0 Å². The van der Waals surface area contributed by atoms with Crippen LogP contribution in [0.2, 0.25) is 5.02 Å². The Balaban J connectivity index is 2.33. The van der Waals surface area contributed by atoms with E-state index in [1.807, 2.05) is 0 Å². The van der Waals surface area contributed by atoms with Crippen molar-refractivity contribution in [3.63, 3.8) is 0 Å². The minimum absolute atomic E-state index is 0.114. The molecular weight excluding hydrogens is 294 g/mol. The van der Waals surface area contributed by atoms with Crippen LogP contribution in [0.3, 0.4) is 0 Å². The van der Waals surface area contributed by atoms with E-state index in [-0.39, 0.29) is 16.5 Å². The molecule has 6 heteroatoms. The third-order valence-corrected chi connectivity index (χ3v) is 2.94. The monoisotopic (exact) mass is 305 g/mol. The van der Waals surface area contributed by atoms with E-state index in [0.29, 0.717) is 11.1 Å². The van der Waals surface area contributed by atoms with Gasteiger partial charge in [0.1, 0.15) is 0 Å². The SMILES string of the molecule is COc1cc(C=NO)cc(Cl)c1OC(=O)c1ccccc1. The number of ether oxygens (including phenoxy) is 2. The number of methoxy groups -OCH3 is 1. The molecule has 0 fully saturated rings. The van der Waals surface area contributed by atoms with E-state index in [2.05, 4.69) is 5.16 Å². The molecule has 0 saturated carbocycles. The van der Waals surface area contributed by atoms with Crippen LogP contribution >= 0.6 is 11.6 Å². The quantitative estimate of drug-likeness (QED) is 0.309. The van der Waals surface area contributed by atoms with E-state index in [9.17, 15) is 4.79 Å². The third kappa shape index (κ3) is 3.52. The second-order valence-corrected chi connectivity index (χ2v) is 4.44. The van der Waals surface area contributed by atoms with Crippen LogP contribution < -0.4 is 9.47 Å². The standard InChI is InChI=1S/C15H12ClNO4/c1-20-13-8-10(9-17-19)7-12(16)14(13)21-15(18)11-5-3-2-4-6-11/h2-9,19H,1H3. The van der Waals surface area contributed by atoms with Gasteiger partial charge in [0, 0.05) is 5.56 Å². The first-order valence-corrected chi connectivity index (χ1v) is 6.35. The molecule has 0 spiro atoms. The number of hydrogen-bond donors (Lipinski definition) is 1. The summed E-state index contributed by atoms with van der Waals surface area (Å²) in [7, 11) is 1.42. The van der Waals surface area contributed by atoms with Crippen LogP contribution in [0.1, 0.15) is 15.9 Å². The van der Waals surface area contributed by atoms with Crippen molar-refractivity contribution in [2.45, 2.75) is 0 Å². The Morgan fingerprint density at radius 2 is 2.00 bits per heavy atom. The molecule has 2 aromatic rings. The zero-order valence-corrected chi connectivity index (χ0v) is 11.9. The molecule has 108 valence electrons. The molecule has 0 radical (unpaired) electrons. The Hall–Kier alpha value is -2.53. The lowest BCUT2D eigenvalue weighted by atomic mass is 10.2. The van der Waals surface area contributed by atoms with Gasteiger partial charge in [0.15, 0.2) is 11.5 Å². The average molecular weight is 306 g/mol. The van der Waals surface area contributed by atoms with Gasteiger partial charge in [-0.2, -0.15) is 0 Å². The zero-order chi connectivity index (χ0) is 15.2. The summed E-state index contributed by atoms with van der Waals surface area (Å²) in [6.45, 7) is 0. The van der Waals surface area contributed by atoms with Crippen molar-refractivity contribution < 1.29 is 19.5 Å². The van der Waals surface area contributed by atoms with E-state index in [1.54, 1.807) is 36.4 Å². The lowest BCUT2D eigenvalue weighted by Crippen LogP contribution is -2.09. The number of esters is 1. The molecule has 1 N–H and O–H groups in total. The highest BCUT2D eigenvalue weighted by molar-refractivity contribution is 6.32. The Bertz CT molecular complexity index is 671. The van der Waals surface area contributed by atoms with Gasteiger partial charge in [-0.15, -0.1) is 0 Å². The minimum Gasteiger partial charge on any atom is -0.493 e. The predicted octanol–water partition coefficient (Wildman–Crippen LogP) is 3.38. The lowest BCUT2D eigenvalue weighted by Gasteiger charge is -2.11. The summed E-state index contributed by atoms with van der Waals surface area (Å²) in [5.41, 5.74) is 0.912. The predicted molar refractivity (Wildman–Crippen MR) is 78.8 cm³/mol. The fraction of sp³-hybridized carbons (Fsp3) is 0.0667. The number of benzene rings is 2. The summed E-state index contributed by atoms with van der Waals surface area (Å²) < 4.78 is 10.4. The van der Waals surface area contributed by atoms with Crippen molar-refractivity contribution in [3.05, 3.63) is 58.6 Å². The normalized spacial score (nSPS) is 10.6. The van der Waals surface area contributed by atoms with Gasteiger partial charge in [-0.05, 0) is 24.3 Å². The van der Waals surface area contributed by atoms with Gasteiger partial charge < -0.3 is 14.7 Å². The molecule has 0 bridgehead atoms. The summed E-state index contributed by atoms with van der Waals surface area (Å²) in [5, 5.41) is 11.6. The molecule has 2 rings (SSSR count). The second kappa shape index (κ2) is 6.76. The number of hydrogen-bond acceptors (Lipinski definition) is 5. The smallest absolute Gasteiger partial charge is 0.343 e. The number of halogens is 1. The first-order chi connectivity index (χ1) is 10.2. The minimum atomic E-state index is -0.542. The van der Waals surface area contributed by atoms with Crippen LogP contribution in [0, 0.1) is 0 Å². The Labute approximate surface area is 126 Å². The van der Waals surface area contributed by atoms with E-state index >= 15 is 0 Å². The molecule has 5 nitrogen and oxygen atoms in total. The van der Waals surface area contributed by atoms with Crippen LogP contribution in [-0.2, 0) is 0 Å². The van der Waals surface area contributed by atoms with Gasteiger partial charge in [-0.25, -0.2) is 4.79 Å². The van der Waals surface area contributed by atoms with Crippen molar-refractivity contribution in [2.24, 2.45) is 5.16 Å². The van der Waals surface area contributed by atoms with Gasteiger partial charge in [0.05, 0.1) is 23.9 Å². The molecule has 0 heterocycles. The molecule has 0 aromatic heterocycles. The summed E-state index contributed by atoms with van der Waals surface area (Å²) in [6.07, 6.45) is 1.19. The molecule has 0 atom stereocenters. The first kappa shape index (κ1) is 14.9. The Kier molecular flexibility index (Phi) is 4.79. The molecule has 0 aliphatic heterocycles. The van der Waals surface area contributed by atoms with Crippen LogP contribution in [0.4, 0.5) is 0 Å². The maximum absolute atomic E-state index is 12.0. The molecule has 0 unspecified atom stereocenters. The second-order valence-electron chi connectivity index (χ2n) is 4.03. The van der Waals surface area contributed by atoms with Crippen molar-refractivity contribution in [2.75, 3.05) is 7.11 Å². The Morgan fingerprint density at radius 1 is 1.29 bits per heavy atom. The van der Waals surface area contributed by atoms with E-state index < -0.39 is 5.97 Å². The molecule has 0 saturated heterocycles. The number of oxime groups is 1. The number of nitrogens with zero attached hydrogens (tertiary/aromatic N) is 1. The highest BCUT2D eigenvalue weighted by Gasteiger charge is 2.16. The fourth-order valence-corrected chi connectivity index (χ4v) is 1.96. The first-order valence-electron chi connectivity index (χ1n) is 5.98. The van der Waals surface area contributed by atoms with E-state index in [4.69, 9.17) is 26.3 Å². The van der Waals surface area contributed by atoms with Gasteiger partial charge in [0.2, 0.25) is 0 Å². The molecule has 0 amide bonds. The van der Waals surface area contributed by atoms with Crippen LogP contribution in [0.15, 0.2) is 47.6 Å². The van der Waals surface area contributed by atoms with Crippen molar-refractivity contribution in [3.8, 4) is 11.5 Å². The average Bonchev–Trinajstić information content (AvgIpc) is 2.50. The summed E-state index contributed by atoms with van der Waals surface area (Å²) >= 11 is 6.08. The molecule has 0 aliphatic rings. The van der Waals surface area contributed by atoms with E-state index in [1.165, 1.54) is 19.4 Å². The molecule has 0 aliphatic carbocycles. The zero-order valence-electron chi connectivity index (χ0n) is 11.1. The maximum atomic E-state index is 12.0. The summed E-state index contributed by atoms with van der Waals surface area (Å²) in [4.78, 5) is 12.0. The van der Waals surface area contributed by atoms with Crippen LogP contribution in [0.5, 0.6) is 11.5 Å². The fourth-order valence-electron chi connectivity index (χ4n) is 1.71. The number of carbonyl (C=O) groups is 1. The topological polar surface area (TPSA) is 68.1 Å². The van der Waals surface area contributed by atoms with Gasteiger partial charge >= 0.3 is 5.97 Å². The maximum Gasteiger partial charge on any atom is 0.343 e. The summed E-state index contributed by atoms with van der Waals surface area (Å²) in [5.74, 6) is -0.163. The number of rotatable bonds is 4. The summed E-state index contributed by atoms with van der Waals surface area (Å²) in [6, 6.07) is 11.6. The highest BCUT2D eigenvalue weighted by atomic mass is 35.5. The lowest BCUT2D eigenvalue weighted by molar-refractivity contribution is 0.0730. The van der Waals surface area contributed by atoms with Crippen LogP contribution in [0.25, 0.3) is 0 Å². The van der Waals surface area contributed by atoms with Crippen molar-refractivity contribution in [1.29, 1.82) is 0 Å². The van der Waals surface area contributed by atoms with Crippen molar-refractivity contribution in [1.82, 2.24) is 0 Å². The van der Waals surface area contributed by atoms with Gasteiger partial charge in [0.25, 0.3) is 0 Å². The van der Waals surface area contributed by atoms with Gasteiger partial charge in [-0.3, -0.25) is 0 Å². The Morgan fingerprint density at radius 3 is 2.62 bits per heavy atom. The van der Waals surface area contributed by atoms with Crippen molar-refractivity contribution >= 4 is 23.8 Å². The molecule has 2 aromatic carbocycles. The molecular formula is C15H12ClNO4. The third-order valence-electron chi connectivity index (χ3n) is 2.66. The van der Waals surface area contributed by atoms with E-state index in [0.717, 1.165) is 0 Å². The molecule has 21 heavy (non-hydrogen) atoms. The number of carbonyl (C=O) groups excluding carboxylic acids is 1. The largest absolute Gasteiger partial charge is 0.493 e.